The van der Waals surface area contributed by atoms with Gasteiger partial charge in [-0.25, -0.2) is 4.79 Å². The van der Waals surface area contributed by atoms with Gasteiger partial charge in [-0.3, -0.25) is 9.59 Å². The molecule has 2 aromatic carbocycles. The molecule has 154 valence electrons. The van der Waals surface area contributed by atoms with E-state index in [0.717, 1.165) is 13.2 Å². The van der Waals surface area contributed by atoms with Gasteiger partial charge in [-0.05, 0) is 23.8 Å². The van der Waals surface area contributed by atoms with Crippen molar-refractivity contribution in [3.8, 4) is 0 Å². The highest BCUT2D eigenvalue weighted by atomic mass is 19.4. The third-order valence-corrected chi connectivity index (χ3v) is 4.01. The van der Waals surface area contributed by atoms with Crippen LogP contribution >= 0.6 is 0 Å². The monoisotopic (exact) mass is 408 g/mol. The van der Waals surface area contributed by atoms with Crippen molar-refractivity contribution in [2.45, 2.75) is 18.6 Å². The summed E-state index contributed by atoms with van der Waals surface area (Å²) < 4.78 is 44.1. The van der Waals surface area contributed by atoms with E-state index in [2.05, 4.69) is 15.4 Å². The fourth-order valence-corrected chi connectivity index (χ4v) is 2.63. The molecule has 0 spiro atoms. The number of amides is 2. The molecule has 0 unspecified atom stereocenters. The summed E-state index contributed by atoms with van der Waals surface area (Å²) in [4.78, 5) is 36.1. The Bertz CT molecular complexity index is 870. The molecule has 0 aliphatic carbocycles. The lowest BCUT2D eigenvalue weighted by atomic mass is 9.99. The highest BCUT2D eigenvalue weighted by Crippen LogP contribution is 2.32. The van der Waals surface area contributed by atoms with Gasteiger partial charge in [-0.1, -0.05) is 36.4 Å². The summed E-state index contributed by atoms with van der Waals surface area (Å²) in [6.45, 7) is -0.456. The summed E-state index contributed by atoms with van der Waals surface area (Å²) in [5.41, 5.74) is -0.728. The average molecular weight is 408 g/mol. The molecule has 1 atom stereocenters. The second kappa shape index (κ2) is 9.72. The first-order valence-corrected chi connectivity index (χ1v) is 8.58. The van der Waals surface area contributed by atoms with Gasteiger partial charge in [0.05, 0.1) is 19.2 Å². The van der Waals surface area contributed by atoms with Crippen molar-refractivity contribution in [2.75, 3.05) is 13.7 Å². The van der Waals surface area contributed by atoms with E-state index in [1.54, 1.807) is 30.3 Å². The van der Waals surface area contributed by atoms with Crippen LogP contribution in [0.3, 0.4) is 0 Å². The molecule has 2 rings (SSSR count). The van der Waals surface area contributed by atoms with Crippen molar-refractivity contribution in [3.05, 3.63) is 71.3 Å². The van der Waals surface area contributed by atoms with Crippen molar-refractivity contribution in [2.24, 2.45) is 0 Å². The number of halogens is 3. The van der Waals surface area contributed by atoms with Crippen molar-refractivity contribution in [1.82, 2.24) is 10.6 Å². The standard InChI is InChI=1S/C20H19F3N2O4/c1-29-19(28)16(11-14-9-5-6-10-15(14)20(21,22)23)25-17(26)12-24-18(27)13-7-3-2-4-8-13/h2-10,16H,11-12H2,1H3,(H,24,27)(H,25,26)/t16-/m1/s1. The zero-order valence-corrected chi connectivity index (χ0v) is 15.5. The number of carbonyl (C=O) groups excluding carboxylic acids is 3. The first kappa shape index (κ1) is 21.9. The maximum absolute atomic E-state index is 13.2. The molecule has 0 aromatic heterocycles. The number of rotatable bonds is 7. The molecular weight excluding hydrogens is 389 g/mol. The Labute approximate surface area is 165 Å². The Hall–Kier alpha value is -3.36. The summed E-state index contributed by atoms with van der Waals surface area (Å²) >= 11 is 0. The van der Waals surface area contributed by atoms with Crippen LogP contribution in [-0.4, -0.2) is 37.5 Å². The predicted molar refractivity (Wildman–Crippen MR) is 97.9 cm³/mol. The Morgan fingerprint density at radius 3 is 2.24 bits per heavy atom. The Balaban J connectivity index is 2.05. The van der Waals surface area contributed by atoms with Crippen molar-refractivity contribution >= 4 is 17.8 Å². The summed E-state index contributed by atoms with van der Waals surface area (Å²) in [5.74, 6) is -2.14. The van der Waals surface area contributed by atoms with Gasteiger partial charge in [-0.2, -0.15) is 13.2 Å². The Kier molecular flexibility index (Phi) is 7.35. The maximum Gasteiger partial charge on any atom is 0.416 e. The average Bonchev–Trinajstić information content (AvgIpc) is 2.71. The first-order valence-electron chi connectivity index (χ1n) is 8.58. The topological polar surface area (TPSA) is 84.5 Å². The second-order valence-electron chi connectivity index (χ2n) is 6.05. The predicted octanol–water partition coefficient (Wildman–Crippen LogP) is 2.34. The maximum atomic E-state index is 13.2. The van der Waals surface area contributed by atoms with Gasteiger partial charge in [0.2, 0.25) is 5.91 Å². The highest BCUT2D eigenvalue weighted by Gasteiger charge is 2.34. The van der Waals surface area contributed by atoms with Crippen LogP contribution in [0.1, 0.15) is 21.5 Å². The zero-order chi connectivity index (χ0) is 21.4. The van der Waals surface area contributed by atoms with Gasteiger partial charge >= 0.3 is 12.1 Å². The number of alkyl halides is 3. The molecule has 9 heteroatoms. The van der Waals surface area contributed by atoms with Crippen LogP contribution < -0.4 is 10.6 Å². The molecule has 29 heavy (non-hydrogen) atoms. The first-order chi connectivity index (χ1) is 13.7. The number of methoxy groups -OCH3 is 1. The Morgan fingerprint density at radius 1 is 1.00 bits per heavy atom. The third-order valence-electron chi connectivity index (χ3n) is 4.01. The molecule has 0 aliphatic rings. The van der Waals surface area contributed by atoms with Crippen molar-refractivity contribution < 1.29 is 32.3 Å². The molecule has 0 fully saturated rings. The lowest BCUT2D eigenvalue weighted by Gasteiger charge is -2.19. The highest BCUT2D eigenvalue weighted by molar-refractivity contribution is 5.96. The molecule has 0 saturated heterocycles. The van der Waals surface area contributed by atoms with Crippen LogP contribution in [0.2, 0.25) is 0 Å². The molecule has 2 N–H and O–H groups in total. The number of hydrogen-bond donors (Lipinski definition) is 2. The molecule has 0 radical (unpaired) electrons. The largest absolute Gasteiger partial charge is 0.467 e. The number of nitrogens with one attached hydrogen (secondary N) is 2. The van der Waals surface area contributed by atoms with E-state index in [-0.39, 0.29) is 5.56 Å². The molecular formula is C20H19F3N2O4. The molecule has 2 aromatic rings. The van der Waals surface area contributed by atoms with E-state index in [0.29, 0.717) is 5.56 Å². The molecule has 0 saturated carbocycles. The van der Waals surface area contributed by atoms with Crippen LogP contribution in [0.25, 0.3) is 0 Å². The van der Waals surface area contributed by atoms with Crippen molar-refractivity contribution in [1.29, 1.82) is 0 Å². The van der Waals surface area contributed by atoms with Crippen molar-refractivity contribution in [3.63, 3.8) is 0 Å². The van der Waals surface area contributed by atoms with Gasteiger partial charge in [-0.15, -0.1) is 0 Å². The molecule has 0 bridgehead atoms. The molecule has 0 aliphatic heterocycles. The van der Waals surface area contributed by atoms with Gasteiger partial charge in [0, 0.05) is 12.0 Å². The fourth-order valence-electron chi connectivity index (χ4n) is 2.63. The van der Waals surface area contributed by atoms with Crippen LogP contribution in [0.4, 0.5) is 13.2 Å². The van der Waals surface area contributed by atoms with Gasteiger partial charge in [0.1, 0.15) is 6.04 Å². The molecule has 2 amide bonds. The van der Waals surface area contributed by atoms with Gasteiger partial charge in [0.15, 0.2) is 0 Å². The van der Waals surface area contributed by atoms with Crippen LogP contribution in [0.5, 0.6) is 0 Å². The minimum Gasteiger partial charge on any atom is -0.467 e. The van der Waals surface area contributed by atoms with Crippen LogP contribution in [0.15, 0.2) is 54.6 Å². The van der Waals surface area contributed by atoms with Gasteiger partial charge in [0.25, 0.3) is 5.91 Å². The summed E-state index contributed by atoms with van der Waals surface area (Å²) in [7, 11) is 1.06. The van der Waals surface area contributed by atoms with E-state index in [4.69, 9.17) is 0 Å². The second-order valence-corrected chi connectivity index (χ2v) is 6.05. The number of hydrogen-bond acceptors (Lipinski definition) is 4. The van der Waals surface area contributed by atoms with Gasteiger partial charge < -0.3 is 15.4 Å². The minimum atomic E-state index is -4.61. The van der Waals surface area contributed by atoms with E-state index in [9.17, 15) is 27.6 Å². The zero-order valence-electron chi connectivity index (χ0n) is 15.5. The lowest BCUT2D eigenvalue weighted by Crippen LogP contribution is -2.47. The Morgan fingerprint density at radius 2 is 1.62 bits per heavy atom. The normalized spacial score (nSPS) is 12.0. The number of esters is 1. The minimum absolute atomic E-state index is 0.163. The fraction of sp³-hybridized carbons (Fsp3) is 0.250. The third kappa shape index (κ3) is 6.34. The molecule has 6 nitrogen and oxygen atoms in total. The SMILES string of the molecule is COC(=O)[C@@H](Cc1ccccc1C(F)(F)F)NC(=O)CNC(=O)c1ccccc1. The van der Waals surface area contributed by atoms with E-state index in [1.165, 1.54) is 18.2 Å². The van der Waals surface area contributed by atoms with Crippen LogP contribution in [0, 0.1) is 0 Å². The summed E-state index contributed by atoms with van der Waals surface area (Å²) in [5, 5.41) is 4.68. The summed E-state index contributed by atoms with van der Waals surface area (Å²) in [6, 6.07) is 11.6. The molecule has 0 heterocycles. The summed E-state index contributed by atoms with van der Waals surface area (Å²) in [6.07, 6.45) is -5.02. The van der Waals surface area contributed by atoms with E-state index >= 15 is 0 Å². The number of ether oxygens (including phenoxy) is 1. The van der Waals surface area contributed by atoms with E-state index < -0.39 is 48.5 Å². The smallest absolute Gasteiger partial charge is 0.416 e. The quantitative estimate of drug-likeness (QED) is 0.689. The lowest BCUT2D eigenvalue weighted by molar-refractivity contribution is -0.145. The number of carbonyl (C=O) groups is 3. The van der Waals surface area contributed by atoms with E-state index in [1.807, 2.05) is 0 Å². The van der Waals surface area contributed by atoms with Crippen LogP contribution in [-0.2, 0) is 26.9 Å². The number of benzene rings is 2.